The van der Waals surface area contributed by atoms with Gasteiger partial charge in [-0.05, 0) is 25.7 Å². The summed E-state index contributed by atoms with van der Waals surface area (Å²) in [5, 5.41) is 0. The molecular weight excluding hydrogens is 353 g/mol. The Morgan fingerprint density at radius 2 is 1.15 bits per heavy atom. The van der Waals surface area contributed by atoms with Crippen molar-refractivity contribution in [1.82, 2.24) is 0 Å². The normalized spacial score (nSPS) is 24.1. The molecule has 0 fully saturated rings. The van der Waals surface area contributed by atoms with E-state index in [-0.39, 0.29) is 17.8 Å². The van der Waals surface area contributed by atoms with E-state index in [1.807, 2.05) is 0 Å². The van der Waals surface area contributed by atoms with Crippen molar-refractivity contribution in [3.63, 3.8) is 0 Å². The van der Waals surface area contributed by atoms with E-state index in [1.54, 1.807) is 0 Å². The second-order valence-electron chi connectivity index (χ2n) is 5.90. The van der Waals surface area contributed by atoms with Crippen molar-refractivity contribution in [2.24, 2.45) is 5.41 Å². The van der Waals surface area contributed by atoms with Crippen molar-refractivity contribution in [1.29, 1.82) is 0 Å². The van der Waals surface area contributed by atoms with Crippen LogP contribution < -0.4 is 12.4 Å². The van der Waals surface area contributed by atoms with E-state index in [2.05, 4.69) is 77.2 Å². The van der Waals surface area contributed by atoms with Crippen LogP contribution in [0.25, 0.3) is 0 Å². The SMILES string of the molecule is C1=C\CC/C=C\CC/1.CC1=C(C)C(C)(C)[C]([Ru+])=C1C.[Cl-]. The van der Waals surface area contributed by atoms with E-state index in [0.29, 0.717) is 0 Å². The van der Waals surface area contributed by atoms with Crippen LogP contribution in [0.4, 0.5) is 0 Å². The summed E-state index contributed by atoms with van der Waals surface area (Å²) in [7, 11) is 0. The third-order valence-corrected chi connectivity index (χ3v) is 5.99. The summed E-state index contributed by atoms with van der Waals surface area (Å²) in [5.74, 6) is 0. The summed E-state index contributed by atoms with van der Waals surface area (Å²) >= 11 is 2.77. The Labute approximate surface area is 141 Å². The molecule has 0 atom stereocenters. The van der Waals surface area contributed by atoms with Crippen LogP contribution in [0.15, 0.2) is 45.2 Å². The number of halogens is 1. The molecule has 0 amide bonds. The molecule has 0 aliphatic heterocycles. The molecule has 0 aromatic rings. The van der Waals surface area contributed by atoms with Gasteiger partial charge in [0.1, 0.15) is 0 Å². The molecule has 2 aliphatic carbocycles. The molecule has 0 heterocycles. The molecule has 0 saturated carbocycles. The molecule has 20 heavy (non-hydrogen) atoms. The van der Waals surface area contributed by atoms with Gasteiger partial charge >= 0.3 is 79.2 Å². The largest absolute Gasteiger partial charge is 1.00 e. The van der Waals surface area contributed by atoms with E-state index in [0.717, 1.165) is 0 Å². The number of hydrogen-bond acceptors (Lipinski definition) is 0. The van der Waals surface area contributed by atoms with Crippen LogP contribution in [0.5, 0.6) is 0 Å². The van der Waals surface area contributed by atoms with Crippen molar-refractivity contribution in [3.05, 3.63) is 45.2 Å². The first-order valence-corrected chi connectivity index (χ1v) is 8.10. The fourth-order valence-electron chi connectivity index (χ4n) is 2.40. The average Bonchev–Trinajstić information content (AvgIpc) is 2.45. The topological polar surface area (TPSA) is 0 Å². The fourth-order valence-corrected chi connectivity index (χ4v) is 3.05. The summed E-state index contributed by atoms with van der Waals surface area (Å²) < 4.78 is 1.46. The van der Waals surface area contributed by atoms with Gasteiger partial charge in [-0.25, -0.2) is 0 Å². The molecule has 0 aromatic carbocycles. The first-order valence-electron chi connectivity index (χ1n) is 7.23. The van der Waals surface area contributed by atoms with Crippen molar-refractivity contribution in [2.45, 2.75) is 60.3 Å². The molecule has 0 nitrogen and oxygen atoms in total. The van der Waals surface area contributed by atoms with Crippen LogP contribution in [-0.2, 0) is 18.3 Å². The maximum atomic E-state index is 2.77. The summed E-state index contributed by atoms with van der Waals surface area (Å²) in [6.07, 6.45) is 14.0. The van der Waals surface area contributed by atoms with Gasteiger partial charge in [-0.2, -0.15) is 0 Å². The molecule has 2 aliphatic rings. The summed E-state index contributed by atoms with van der Waals surface area (Å²) in [5.41, 5.74) is 4.74. The predicted octanol–water partition coefficient (Wildman–Crippen LogP) is 2.86. The number of rotatable bonds is 0. The average molecular weight is 380 g/mol. The Morgan fingerprint density at radius 1 is 0.800 bits per heavy atom. The Bertz CT molecular complexity index is 384. The minimum absolute atomic E-state index is 0. The van der Waals surface area contributed by atoms with Crippen molar-refractivity contribution in [3.8, 4) is 0 Å². The maximum Gasteiger partial charge on any atom is -1.00 e. The summed E-state index contributed by atoms with van der Waals surface area (Å²) in [4.78, 5) is 0. The second-order valence-corrected chi connectivity index (χ2v) is 6.77. The minimum atomic E-state index is 0. The monoisotopic (exact) mass is 380 g/mol. The molecule has 0 spiro atoms. The van der Waals surface area contributed by atoms with Gasteiger partial charge in [0.25, 0.3) is 0 Å². The van der Waals surface area contributed by atoms with Crippen LogP contribution in [0.1, 0.15) is 60.3 Å². The molecule has 114 valence electrons. The zero-order valence-electron chi connectivity index (χ0n) is 13.4. The molecule has 0 bridgehead atoms. The van der Waals surface area contributed by atoms with Gasteiger partial charge in [-0.3, -0.25) is 0 Å². The van der Waals surface area contributed by atoms with Crippen LogP contribution in [0.2, 0.25) is 0 Å². The molecule has 2 heteroatoms. The van der Waals surface area contributed by atoms with Crippen molar-refractivity contribution >= 4 is 0 Å². The van der Waals surface area contributed by atoms with Gasteiger partial charge in [0.15, 0.2) is 0 Å². The third-order valence-electron chi connectivity index (χ3n) is 4.25. The molecular formula is C18H27ClRu. The quantitative estimate of drug-likeness (QED) is 0.448. The van der Waals surface area contributed by atoms with Gasteiger partial charge in [-0.1, -0.05) is 24.3 Å². The van der Waals surface area contributed by atoms with E-state index in [4.69, 9.17) is 0 Å². The van der Waals surface area contributed by atoms with E-state index < -0.39 is 0 Å². The van der Waals surface area contributed by atoms with Crippen LogP contribution >= 0.6 is 0 Å². The van der Waals surface area contributed by atoms with Gasteiger partial charge in [0, 0.05) is 0 Å². The van der Waals surface area contributed by atoms with Crippen LogP contribution in [0.3, 0.4) is 0 Å². The second kappa shape index (κ2) is 9.01. The van der Waals surface area contributed by atoms with Crippen LogP contribution in [-0.4, -0.2) is 0 Å². The van der Waals surface area contributed by atoms with Gasteiger partial charge in [-0.15, -0.1) is 0 Å². The van der Waals surface area contributed by atoms with Crippen LogP contribution in [0, 0.1) is 5.41 Å². The summed E-state index contributed by atoms with van der Waals surface area (Å²) in [6.45, 7) is 11.2. The van der Waals surface area contributed by atoms with Gasteiger partial charge in [0.05, 0.1) is 0 Å². The van der Waals surface area contributed by atoms with E-state index in [9.17, 15) is 0 Å². The Kier molecular flexibility index (Phi) is 8.95. The molecule has 0 radical (unpaired) electrons. The first kappa shape index (κ1) is 19.9. The van der Waals surface area contributed by atoms with E-state index >= 15 is 0 Å². The molecule has 0 saturated heterocycles. The van der Waals surface area contributed by atoms with Crippen molar-refractivity contribution < 1.29 is 30.7 Å². The predicted molar refractivity (Wildman–Crippen MR) is 81.6 cm³/mol. The third kappa shape index (κ3) is 5.01. The summed E-state index contributed by atoms with van der Waals surface area (Å²) in [6, 6.07) is 0. The zero-order valence-corrected chi connectivity index (χ0v) is 15.9. The minimum Gasteiger partial charge on any atom is -1.00 e. The number of hydrogen-bond donors (Lipinski definition) is 0. The number of allylic oxidation sites excluding steroid dienone is 8. The molecule has 0 unspecified atom stereocenters. The molecule has 0 aromatic heterocycles. The molecule has 0 N–H and O–H groups in total. The maximum absolute atomic E-state index is 2.77. The fraction of sp³-hybridized carbons (Fsp3) is 0.556. The standard InChI is InChI=1S/C10H15.C8H12.ClH.Ru/c1-7-6-10(4,5)9(3)8(7)2;1-2-4-6-8-7-5-3-1;;/h1-5H3;1-2,7-8H,3-6H2;1H;/q;;;+1/p-1/b;2-1-,8-7-;;. The van der Waals surface area contributed by atoms with E-state index in [1.165, 1.54) is 46.6 Å². The van der Waals surface area contributed by atoms with Gasteiger partial charge in [0.2, 0.25) is 0 Å². The zero-order chi connectivity index (χ0) is 14.5. The smallest absolute Gasteiger partial charge is 1.00 e. The molecule has 2 rings (SSSR count). The Balaban J connectivity index is 0.000000359. The first-order chi connectivity index (χ1) is 8.89. The van der Waals surface area contributed by atoms with Crippen molar-refractivity contribution in [2.75, 3.05) is 0 Å². The Hall–Kier alpha value is -0.127. The Morgan fingerprint density at radius 3 is 1.30 bits per heavy atom. The van der Waals surface area contributed by atoms with Gasteiger partial charge < -0.3 is 12.4 Å².